The summed E-state index contributed by atoms with van der Waals surface area (Å²) < 4.78 is 11.0. The summed E-state index contributed by atoms with van der Waals surface area (Å²) in [5.74, 6) is -0.0943. The molecular formula is C29H40O4. The molecule has 0 fully saturated rings. The van der Waals surface area contributed by atoms with Gasteiger partial charge in [0.25, 0.3) is 0 Å². The van der Waals surface area contributed by atoms with Gasteiger partial charge in [0.2, 0.25) is 0 Å². The van der Waals surface area contributed by atoms with Gasteiger partial charge in [-0.15, -0.1) is 0 Å². The van der Waals surface area contributed by atoms with Crippen LogP contribution >= 0.6 is 0 Å². The fourth-order valence-corrected chi connectivity index (χ4v) is 3.82. The molecule has 0 radical (unpaired) electrons. The summed E-state index contributed by atoms with van der Waals surface area (Å²) in [5.41, 5.74) is 1.67. The van der Waals surface area contributed by atoms with Gasteiger partial charge in [-0.3, -0.25) is 0 Å². The third kappa shape index (κ3) is 9.81. The lowest BCUT2D eigenvalue weighted by atomic mass is 10.0. The molecule has 33 heavy (non-hydrogen) atoms. The van der Waals surface area contributed by atoms with Gasteiger partial charge in [-0.2, -0.15) is 0 Å². The molecule has 0 atom stereocenters. The summed E-state index contributed by atoms with van der Waals surface area (Å²) in [7, 11) is 0. The number of hydrogen-bond acceptors (Lipinski definition) is 4. The average molecular weight is 453 g/mol. The molecule has 0 unspecified atom stereocenters. The molecule has 0 N–H and O–H groups in total. The van der Waals surface area contributed by atoms with Crippen molar-refractivity contribution in [2.45, 2.75) is 90.9 Å². The molecule has 0 spiro atoms. The minimum Gasteiger partial charge on any atom is -0.462 e. The fraction of sp³-hybridized carbons (Fsp3) is 0.517. The Hall–Kier alpha value is -2.62. The van der Waals surface area contributed by atoms with Crippen molar-refractivity contribution >= 4 is 11.9 Å². The van der Waals surface area contributed by atoms with E-state index < -0.39 is 11.9 Å². The quantitative estimate of drug-likeness (QED) is 0.156. The Labute approximate surface area is 199 Å². The van der Waals surface area contributed by atoms with Crippen LogP contribution in [0.2, 0.25) is 0 Å². The van der Waals surface area contributed by atoms with Crippen LogP contribution in [0.1, 0.15) is 117 Å². The standard InChI is InChI=1S/C29H40O4/c1-4-5-6-7-8-9-10-11-12-15-21-32-28(30)24-17-16-18-25(22-24)29(31)33-27-20-14-13-19-26(27)23(2)3/h13-14,16-20,22-23H,4-12,15,21H2,1-3H3. The molecule has 2 aromatic carbocycles. The molecule has 2 rings (SSSR count). The Kier molecular flexibility index (Phi) is 12.3. The highest BCUT2D eigenvalue weighted by Crippen LogP contribution is 2.26. The van der Waals surface area contributed by atoms with E-state index in [-0.39, 0.29) is 5.92 Å². The zero-order valence-corrected chi connectivity index (χ0v) is 20.6. The van der Waals surface area contributed by atoms with E-state index in [0.717, 1.165) is 18.4 Å². The zero-order chi connectivity index (χ0) is 23.9. The Balaban J connectivity index is 1.73. The Bertz CT molecular complexity index is 856. The summed E-state index contributed by atoms with van der Waals surface area (Å²) in [6.07, 6.45) is 12.4. The van der Waals surface area contributed by atoms with Gasteiger partial charge in [0.15, 0.2) is 0 Å². The molecule has 0 aromatic heterocycles. The number of hydrogen-bond donors (Lipinski definition) is 0. The van der Waals surface area contributed by atoms with Gasteiger partial charge in [-0.25, -0.2) is 9.59 Å². The van der Waals surface area contributed by atoms with Crippen molar-refractivity contribution < 1.29 is 19.1 Å². The molecule has 2 aromatic rings. The number of ether oxygens (including phenoxy) is 2. The molecule has 0 bridgehead atoms. The van der Waals surface area contributed by atoms with E-state index in [2.05, 4.69) is 20.8 Å². The lowest BCUT2D eigenvalue weighted by Crippen LogP contribution is -2.12. The van der Waals surface area contributed by atoms with Crippen molar-refractivity contribution in [3.05, 3.63) is 65.2 Å². The number of carbonyl (C=O) groups is 2. The van der Waals surface area contributed by atoms with Crippen LogP contribution in [0.15, 0.2) is 48.5 Å². The first-order valence-electron chi connectivity index (χ1n) is 12.6. The largest absolute Gasteiger partial charge is 0.462 e. The third-order valence-corrected chi connectivity index (χ3v) is 5.81. The molecule has 4 heteroatoms. The smallest absolute Gasteiger partial charge is 0.343 e. The average Bonchev–Trinajstić information content (AvgIpc) is 2.82. The maximum absolute atomic E-state index is 12.6. The first-order chi connectivity index (χ1) is 16.0. The molecule has 0 aliphatic heterocycles. The number of esters is 2. The number of rotatable bonds is 15. The molecule has 0 aliphatic carbocycles. The second kappa shape index (κ2) is 15.3. The lowest BCUT2D eigenvalue weighted by Gasteiger charge is -2.12. The highest BCUT2D eigenvalue weighted by Gasteiger charge is 2.15. The van der Waals surface area contributed by atoms with E-state index in [0.29, 0.717) is 23.5 Å². The number of para-hydroxylation sites is 1. The summed E-state index contributed by atoms with van der Waals surface area (Å²) in [6, 6.07) is 14.1. The Morgan fingerprint density at radius 2 is 1.30 bits per heavy atom. The minimum absolute atomic E-state index is 0.237. The van der Waals surface area contributed by atoms with E-state index in [1.165, 1.54) is 51.4 Å². The second-order valence-corrected chi connectivity index (χ2v) is 8.98. The van der Waals surface area contributed by atoms with Crippen molar-refractivity contribution in [2.24, 2.45) is 0 Å². The fourth-order valence-electron chi connectivity index (χ4n) is 3.82. The van der Waals surface area contributed by atoms with Crippen LogP contribution in [0.25, 0.3) is 0 Å². The van der Waals surface area contributed by atoms with Gasteiger partial charge in [0.1, 0.15) is 5.75 Å². The topological polar surface area (TPSA) is 52.6 Å². The predicted molar refractivity (Wildman–Crippen MR) is 134 cm³/mol. The maximum atomic E-state index is 12.6. The van der Waals surface area contributed by atoms with Crippen LogP contribution in [0.3, 0.4) is 0 Å². The molecule has 180 valence electrons. The van der Waals surface area contributed by atoms with E-state index in [4.69, 9.17) is 9.47 Å². The van der Waals surface area contributed by atoms with E-state index in [1.54, 1.807) is 30.3 Å². The van der Waals surface area contributed by atoms with E-state index in [1.807, 2.05) is 18.2 Å². The SMILES string of the molecule is CCCCCCCCCCCCOC(=O)c1cccc(C(=O)Oc2ccccc2C(C)C)c1. The molecule has 0 saturated carbocycles. The first-order valence-corrected chi connectivity index (χ1v) is 12.6. The number of unbranched alkanes of at least 4 members (excludes halogenated alkanes) is 9. The van der Waals surface area contributed by atoms with Gasteiger partial charge < -0.3 is 9.47 Å². The van der Waals surface area contributed by atoms with Gasteiger partial charge in [-0.1, -0.05) is 103 Å². The first kappa shape index (κ1) is 26.6. The predicted octanol–water partition coefficient (Wildman–Crippen LogP) is 8.11. The van der Waals surface area contributed by atoms with E-state index >= 15 is 0 Å². The van der Waals surface area contributed by atoms with Crippen molar-refractivity contribution in [3.8, 4) is 5.75 Å². The monoisotopic (exact) mass is 452 g/mol. The van der Waals surface area contributed by atoms with Crippen LogP contribution < -0.4 is 4.74 Å². The molecule has 0 heterocycles. The Morgan fingerprint density at radius 1 is 0.727 bits per heavy atom. The van der Waals surface area contributed by atoms with Gasteiger partial charge in [0, 0.05) is 0 Å². The van der Waals surface area contributed by atoms with Crippen molar-refractivity contribution in [1.29, 1.82) is 0 Å². The molecule has 4 nitrogen and oxygen atoms in total. The Morgan fingerprint density at radius 3 is 1.94 bits per heavy atom. The molecule has 0 saturated heterocycles. The minimum atomic E-state index is -0.479. The maximum Gasteiger partial charge on any atom is 0.343 e. The van der Waals surface area contributed by atoms with Crippen molar-refractivity contribution in [1.82, 2.24) is 0 Å². The summed E-state index contributed by atoms with van der Waals surface area (Å²) in [5, 5.41) is 0. The lowest BCUT2D eigenvalue weighted by molar-refractivity contribution is 0.0497. The molecule has 0 amide bonds. The van der Waals surface area contributed by atoms with Crippen molar-refractivity contribution in [3.63, 3.8) is 0 Å². The molecular weight excluding hydrogens is 412 g/mol. The van der Waals surface area contributed by atoms with Crippen LogP contribution in [-0.4, -0.2) is 18.5 Å². The number of carbonyl (C=O) groups excluding carboxylic acids is 2. The normalized spacial score (nSPS) is 10.9. The van der Waals surface area contributed by atoms with E-state index in [9.17, 15) is 9.59 Å². The van der Waals surface area contributed by atoms with Crippen LogP contribution in [0.4, 0.5) is 0 Å². The summed E-state index contributed by atoms with van der Waals surface area (Å²) in [6.45, 7) is 6.76. The van der Waals surface area contributed by atoms with Crippen LogP contribution in [0, 0.1) is 0 Å². The zero-order valence-electron chi connectivity index (χ0n) is 20.6. The van der Waals surface area contributed by atoms with Crippen LogP contribution in [0.5, 0.6) is 5.75 Å². The van der Waals surface area contributed by atoms with Crippen molar-refractivity contribution in [2.75, 3.05) is 6.61 Å². The number of benzene rings is 2. The third-order valence-electron chi connectivity index (χ3n) is 5.81. The highest BCUT2D eigenvalue weighted by molar-refractivity contribution is 5.96. The highest BCUT2D eigenvalue weighted by atomic mass is 16.5. The van der Waals surface area contributed by atoms with Crippen LogP contribution in [-0.2, 0) is 4.74 Å². The van der Waals surface area contributed by atoms with Gasteiger partial charge in [0.05, 0.1) is 17.7 Å². The summed E-state index contributed by atoms with van der Waals surface area (Å²) >= 11 is 0. The molecule has 0 aliphatic rings. The van der Waals surface area contributed by atoms with Gasteiger partial charge >= 0.3 is 11.9 Å². The summed E-state index contributed by atoms with van der Waals surface area (Å²) in [4.78, 5) is 25.1. The second-order valence-electron chi connectivity index (χ2n) is 8.98. The van der Waals surface area contributed by atoms with Gasteiger partial charge in [-0.05, 0) is 42.2 Å².